The number of hydrogen-bond donors (Lipinski definition) is 0. The van der Waals surface area contributed by atoms with Crippen LogP contribution in [0.2, 0.25) is 0 Å². The van der Waals surface area contributed by atoms with Crippen molar-refractivity contribution in [3.63, 3.8) is 0 Å². The molecule has 0 bridgehead atoms. The van der Waals surface area contributed by atoms with Crippen molar-refractivity contribution in [2.75, 3.05) is 39.3 Å². The number of nitrogens with zero attached hydrogens (tertiary/aromatic N) is 5. The molecular weight excluding hydrogens is 334 g/mol. The van der Waals surface area contributed by atoms with Gasteiger partial charge in [0, 0.05) is 5.69 Å². The van der Waals surface area contributed by atoms with Crippen molar-refractivity contribution in [3.8, 4) is 0 Å². The van der Waals surface area contributed by atoms with Gasteiger partial charge in [0.25, 0.3) is 0 Å². The van der Waals surface area contributed by atoms with Crippen LogP contribution in [-0.4, -0.2) is 44.4 Å². The summed E-state index contributed by atoms with van der Waals surface area (Å²) in [5.41, 5.74) is 3.30. The van der Waals surface area contributed by atoms with E-state index >= 15 is 0 Å². The molecule has 1 aromatic rings. The van der Waals surface area contributed by atoms with Crippen LogP contribution in [0.25, 0.3) is 16.0 Å². The Labute approximate surface area is 163 Å². The Morgan fingerprint density at radius 2 is 0.958 bits per heavy atom. The Bertz CT molecular complexity index is 317. The zero-order valence-corrected chi connectivity index (χ0v) is 17.3. The Morgan fingerprint density at radius 3 is 1.04 bits per heavy atom. The van der Waals surface area contributed by atoms with Crippen LogP contribution in [0.4, 0.5) is 0 Å². The molecule has 3 fully saturated rings. The molecule has 0 unspecified atom stereocenters. The van der Waals surface area contributed by atoms with Gasteiger partial charge in [-0.05, 0) is 19.4 Å². The molecule has 0 atom stereocenters. The molecule has 5 nitrogen and oxygen atoms in total. The molecule has 0 aliphatic carbocycles. The third-order valence-corrected chi connectivity index (χ3v) is 4.08. The molecule has 4 heterocycles. The van der Waals surface area contributed by atoms with Gasteiger partial charge >= 0.3 is 21.7 Å². The summed E-state index contributed by atoms with van der Waals surface area (Å²) in [6, 6.07) is 0. The third-order valence-electron chi connectivity index (χ3n) is 4.08. The van der Waals surface area contributed by atoms with Gasteiger partial charge < -0.3 is 26.1 Å². The molecule has 0 aromatic carbocycles. The molecule has 0 amide bonds. The average molecular weight is 367 g/mol. The number of hydrogen-bond acceptors (Lipinski definition) is 1. The van der Waals surface area contributed by atoms with Gasteiger partial charge in [-0.15, -0.1) is 45.0 Å². The first kappa shape index (κ1) is 23.8. The largest absolute Gasteiger partial charge is 4.00 e. The fraction of sp³-hybridized carbons (Fsp3) is 0.833. The van der Waals surface area contributed by atoms with Crippen LogP contribution in [0.15, 0.2) is 0 Å². The molecule has 0 spiro atoms. The van der Waals surface area contributed by atoms with E-state index in [-0.39, 0.29) is 21.7 Å². The molecule has 134 valence electrons. The van der Waals surface area contributed by atoms with E-state index in [1.807, 2.05) is 20.8 Å². The second kappa shape index (κ2) is 16.3. The molecular formula is C18H33N5Ti. The molecule has 1 aromatic heterocycles. The van der Waals surface area contributed by atoms with Crippen LogP contribution in [0, 0.1) is 20.8 Å². The fourth-order valence-corrected chi connectivity index (χ4v) is 2.24. The van der Waals surface area contributed by atoms with Crippen LogP contribution in [0.5, 0.6) is 0 Å². The zero-order valence-electron chi connectivity index (χ0n) is 15.7. The maximum Gasteiger partial charge on any atom is 4.00 e. The van der Waals surface area contributed by atoms with Crippen LogP contribution in [0.1, 0.15) is 55.5 Å². The summed E-state index contributed by atoms with van der Waals surface area (Å²) in [5, 5.41) is 20.0. The molecule has 0 N–H and O–H groups in total. The summed E-state index contributed by atoms with van der Waals surface area (Å²) < 4.78 is 0. The molecule has 3 saturated heterocycles. The Kier molecular flexibility index (Phi) is 16.1. The van der Waals surface area contributed by atoms with Gasteiger partial charge in [0.1, 0.15) is 0 Å². The van der Waals surface area contributed by atoms with Crippen molar-refractivity contribution in [2.45, 2.75) is 59.3 Å². The predicted octanol–water partition coefficient (Wildman–Crippen LogP) is 4.42. The molecule has 3 aliphatic heterocycles. The number of aromatic nitrogens is 2. The van der Waals surface area contributed by atoms with Crippen molar-refractivity contribution in [3.05, 3.63) is 32.9 Å². The Hall–Kier alpha value is -0.196. The van der Waals surface area contributed by atoms with E-state index in [2.05, 4.69) is 26.1 Å². The predicted molar refractivity (Wildman–Crippen MR) is 98.7 cm³/mol. The molecule has 3 aliphatic rings. The summed E-state index contributed by atoms with van der Waals surface area (Å²) in [7, 11) is 0. The van der Waals surface area contributed by atoms with Crippen molar-refractivity contribution >= 4 is 0 Å². The second-order valence-electron chi connectivity index (χ2n) is 6.13. The first-order chi connectivity index (χ1) is 11.2. The fourth-order valence-electron chi connectivity index (χ4n) is 2.24. The van der Waals surface area contributed by atoms with Gasteiger partial charge in [0.2, 0.25) is 0 Å². The van der Waals surface area contributed by atoms with Crippen LogP contribution >= 0.6 is 0 Å². The maximum absolute atomic E-state index is 4.08. The van der Waals surface area contributed by atoms with Gasteiger partial charge in [-0.1, -0.05) is 45.4 Å². The minimum absolute atomic E-state index is 0. The second-order valence-corrected chi connectivity index (χ2v) is 6.13. The van der Waals surface area contributed by atoms with E-state index in [0.29, 0.717) is 0 Å². The maximum atomic E-state index is 4.08. The molecule has 0 radical (unpaired) electrons. The van der Waals surface area contributed by atoms with Gasteiger partial charge in [-0.2, -0.15) is 0 Å². The van der Waals surface area contributed by atoms with E-state index in [1.165, 1.54) is 44.1 Å². The molecule has 0 saturated carbocycles. The van der Waals surface area contributed by atoms with Crippen LogP contribution in [-0.2, 0) is 21.7 Å². The zero-order chi connectivity index (χ0) is 16.8. The summed E-state index contributed by atoms with van der Waals surface area (Å²) >= 11 is 0. The molecule has 24 heavy (non-hydrogen) atoms. The Balaban J connectivity index is 0.000000297. The smallest absolute Gasteiger partial charge is 0.662 e. The average Bonchev–Trinajstić information content (AvgIpc) is 3.38. The first-order valence-corrected chi connectivity index (χ1v) is 9.04. The standard InChI is InChI=1S/C6H9N2.3C4H8N.Ti/c1-4-5(2)7-8-6(4)3;3*1-2-4-5-3-1;/h1-3H3;3*1-4H2;/q4*-1;+4. The number of rotatable bonds is 0. The minimum Gasteiger partial charge on any atom is -0.662 e. The summed E-state index contributed by atoms with van der Waals surface area (Å²) in [4.78, 5) is 0. The van der Waals surface area contributed by atoms with Crippen molar-refractivity contribution in [1.82, 2.24) is 10.2 Å². The van der Waals surface area contributed by atoms with E-state index in [4.69, 9.17) is 0 Å². The number of aryl methyl sites for hydroxylation is 2. The van der Waals surface area contributed by atoms with Crippen molar-refractivity contribution in [2.24, 2.45) is 0 Å². The van der Waals surface area contributed by atoms with E-state index in [9.17, 15) is 0 Å². The minimum atomic E-state index is 0. The van der Waals surface area contributed by atoms with E-state index in [0.717, 1.165) is 50.7 Å². The topological polar surface area (TPSA) is 69.3 Å². The van der Waals surface area contributed by atoms with Gasteiger partial charge in [0.05, 0.1) is 0 Å². The summed E-state index contributed by atoms with van der Waals surface area (Å²) in [5.74, 6) is 0. The molecule has 4 rings (SSSR count). The summed E-state index contributed by atoms with van der Waals surface area (Å²) in [6.07, 6.45) is 8.00. The van der Waals surface area contributed by atoms with Gasteiger partial charge in [-0.25, -0.2) is 0 Å². The quantitative estimate of drug-likeness (QED) is 0.637. The normalized spacial score (nSPS) is 18.3. The van der Waals surface area contributed by atoms with Gasteiger partial charge in [0.15, 0.2) is 0 Å². The Morgan fingerprint density at radius 1 is 0.625 bits per heavy atom. The van der Waals surface area contributed by atoms with Crippen LogP contribution < -0.4 is 5.10 Å². The SMILES string of the molecule is C1CC[N-]C1.C1CC[N-]C1.C1CC[N-]C1.Cc1n[n-]c(C)c1C.[Ti+4]. The summed E-state index contributed by atoms with van der Waals surface area (Å²) in [6.45, 7) is 12.7. The first-order valence-electron chi connectivity index (χ1n) is 9.04. The monoisotopic (exact) mass is 367 g/mol. The van der Waals surface area contributed by atoms with Crippen molar-refractivity contribution in [1.29, 1.82) is 0 Å². The van der Waals surface area contributed by atoms with E-state index in [1.54, 1.807) is 0 Å². The third kappa shape index (κ3) is 12.2. The molecule has 6 heteroatoms. The van der Waals surface area contributed by atoms with Gasteiger partial charge in [-0.3, -0.25) is 0 Å². The van der Waals surface area contributed by atoms with Crippen LogP contribution in [0.3, 0.4) is 0 Å². The van der Waals surface area contributed by atoms with Crippen molar-refractivity contribution < 1.29 is 21.7 Å². The van der Waals surface area contributed by atoms with E-state index < -0.39 is 0 Å².